The third-order valence-electron chi connectivity index (χ3n) is 2.64. The summed E-state index contributed by atoms with van der Waals surface area (Å²) < 4.78 is 1.23. The molecule has 0 amide bonds. The van der Waals surface area contributed by atoms with Crippen molar-refractivity contribution in [2.24, 2.45) is 0 Å². The largest absolute Gasteiger partial charge is 0.308 e. The zero-order chi connectivity index (χ0) is 11.5. The minimum Gasteiger partial charge on any atom is -0.308 e. The van der Waals surface area contributed by atoms with Crippen molar-refractivity contribution < 1.29 is 4.79 Å². The average molecular weight is 233 g/mol. The van der Waals surface area contributed by atoms with Gasteiger partial charge in [0, 0.05) is 10.3 Å². The monoisotopic (exact) mass is 233 g/mol. The summed E-state index contributed by atoms with van der Waals surface area (Å²) in [5.74, 6) is 0.162. The highest BCUT2D eigenvalue weighted by Crippen LogP contribution is 2.22. The van der Waals surface area contributed by atoms with Gasteiger partial charge in [-0.2, -0.15) is 0 Å². The zero-order valence-electron chi connectivity index (χ0n) is 9.49. The van der Waals surface area contributed by atoms with E-state index < -0.39 is 0 Å². The summed E-state index contributed by atoms with van der Waals surface area (Å²) in [7, 11) is 0. The van der Waals surface area contributed by atoms with E-state index in [9.17, 15) is 4.79 Å². The third kappa shape index (κ3) is 2.15. The molecule has 0 aliphatic rings. The quantitative estimate of drug-likeness (QED) is 0.822. The van der Waals surface area contributed by atoms with Gasteiger partial charge in [-0.25, -0.2) is 0 Å². The molecule has 0 fully saturated rings. The highest BCUT2D eigenvalue weighted by atomic mass is 32.1. The van der Waals surface area contributed by atoms with Gasteiger partial charge < -0.3 is 5.32 Å². The number of Topliss-reactive ketones (excluding diaryl/α,β-unsaturated/α-hetero) is 1. The second-order valence-electron chi connectivity index (χ2n) is 3.82. The van der Waals surface area contributed by atoms with E-state index in [1.807, 2.05) is 37.4 Å². The number of ketones is 1. The Morgan fingerprint density at radius 3 is 3.00 bits per heavy atom. The van der Waals surface area contributed by atoms with E-state index in [-0.39, 0.29) is 11.8 Å². The molecule has 0 saturated carbocycles. The van der Waals surface area contributed by atoms with Crippen LogP contribution in [0.4, 0.5) is 0 Å². The van der Waals surface area contributed by atoms with E-state index in [2.05, 4.69) is 11.4 Å². The van der Waals surface area contributed by atoms with Gasteiger partial charge in [0.05, 0.1) is 6.04 Å². The molecule has 0 spiro atoms. The van der Waals surface area contributed by atoms with E-state index in [4.69, 9.17) is 0 Å². The molecule has 2 nitrogen and oxygen atoms in total. The fourth-order valence-electron chi connectivity index (χ4n) is 1.77. The molecule has 1 unspecified atom stereocenters. The fraction of sp³-hybridized carbons (Fsp3) is 0.308. The lowest BCUT2D eigenvalue weighted by atomic mass is 10.0. The Labute approximate surface area is 99.3 Å². The highest BCUT2D eigenvalue weighted by Gasteiger charge is 2.14. The van der Waals surface area contributed by atoms with Crippen molar-refractivity contribution in [3.8, 4) is 0 Å². The van der Waals surface area contributed by atoms with Crippen molar-refractivity contribution >= 4 is 27.2 Å². The molecule has 0 aliphatic heterocycles. The predicted molar refractivity (Wildman–Crippen MR) is 69.3 cm³/mol. The van der Waals surface area contributed by atoms with Crippen molar-refractivity contribution in [2.45, 2.75) is 19.9 Å². The number of hydrogen-bond acceptors (Lipinski definition) is 3. The number of carbonyl (C=O) groups excluding carboxylic acids is 1. The maximum Gasteiger partial charge on any atom is 0.179 e. The Morgan fingerprint density at radius 1 is 1.44 bits per heavy atom. The number of hydrogen-bond donors (Lipinski definition) is 1. The smallest absolute Gasteiger partial charge is 0.179 e. The summed E-state index contributed by atoms with van der Waals surface area (Å²) in [6.07, 6.45) is 0. The van der Waals surface area contributed by atoms with Crippen LogP contribution >= 0.6 is 11.3 Å². The topological polar surface area (TPSA) is 29.1 Å². The number of carbonyl (C=O) groups is 1. The first kappa shape index (κ1) is 11.3. The molecule has 1 N–H and O–H groups in total. The molecular formula is C13H15NOS. The Morgan fingerprint density at radius 2 is 2.25 bits per heavy atom. The maximum absolute atomic E-state index is 12.0. The van der Waals surface area contributed by atoms with Gasteiger partial charge in [-0.3, -0.25) is 4.79 Å². The molecule has 84 valence electrons. The van der Waals surface area contributed by atoms with Crippen LogP contribution in [-0.2, 0) is 0 Å². The first-order chi connectivity index (χ1) is 7.72. The third-order valence-corrected chi connectivity index (χ3v) is 3.54. The van der Waals surface area contributed by atoms with E-state index in [0.717, 1.165) is 17.5 Å². The number of likely N-dealkylation sites (N-methyl/N-ethyl adjacent to an activating group) is 1. The number of rotatable bonds is 4. The lowest BCUT2D eigenvalue weighted by molar-refractivity contribution is 0.0952. The Hall–Kier alpha value is -1.19. The van der Waals surface area contributed by atoms with Crippen LogP contribution in [-0.4, -0.2) is 18.4 Å². The van der Waals surface area contributed by atoms with E-state index in [1.165, 1.54) is 4.70 Å². The molecule has 16 heavy (non-hydrogen) atoms. The summed E-state index contributed by atoms with van der Waals surface area (Å²) in [5.41, 5.74) is 0.791. The van der Waals surface area contributed by atoms with Gasteiger partial charge in [0.1, 0.15) is 0 Å². The molecule has 2 aromatic rings. The first-order valence-corrected chi connectivity index (χ1v) is 6.35. The van der Waals surface area contributed by atoms with Crippen LogP contribution in [0.15, 0.2) is 29.6 Å². The van der Waals surface area contributed by atoms with Crippen LogP contribution in [0.2, 0.25) is 0 Å². The average Bonchev–Trinajstić information content (AvgIpc) is 2.75. The standard InChI is InChI=1S/C13H15NOS/c1-3-14-9(2)13(15)11-4-5-12-10(8-11)6-7-16-12/h4-9,14H,3H2,1-2H3. The van der Waals surface area contributed by atoms with Crippen molar-refractivity contribution in [3.63, 3.8) is 0 Å². The van der Waals surface area contributed by atoms with E-state index in [0.29, 0.717) is 0 Å². The van der Waals surface area contributed by atoms with Crippen molar-refractivity contribution in [1.29, 1.82) is 0 Å². The minimum atomic E-state index is -0.110. The first-order valence-electron chi connectivity index (χ1n) is 5.47. The van der Waals surface area contributed by atoms with Gasteiger partial charge >= 0.3 is 0 Å². The molecule has 0 saturated heterocycles. The highest BCUT2D eigenvalue weighted by molar-refractivity contribution is 7.17. The molecule has 0 aliphatic carbocycles. The minimum absolute atomic E-state index is 0.110. The van der Waals surface area contributed by atoms with Gasteiger partial charge in [-0.1, -0.05) is 6.92 Å². The van der Waals surface area contributed by atoms with E-state index in [1.54, 1.807) is 11.3 Å². The number of fused-ring (bicyclic) bond motifs is 1. The molecule has 0 radical (unpaired) electrons. The maximum atomic E-state index is 12.0. The van der Waals surface area contributed by atoms with Crippen LogP contribution in [0.3, 0.4) is 0 Å². The summed E-state index contributed by atoms with van der Waals surface area (Å²) >= 11 is 1.70. The second kappa shape index (κ2) is 4.76. The lowest BCUT2D eigenvalue weighted by Gasteiger charge is -2.10. The molecule has 1 atom stereocenters. The summed E-state index contributed by atoms with van der Waals surface area (Å²) in [6.45, 7) is 4.73. The summed E-state index contributed by atoms with van der Waals surface area (Å²) in [4.78, 5) is 12.0. The second-order valence-corrected chi connectivity index (χ2v) is 4.76. The molecule has 2 rings (SSSR count). The van der Waals surface area contributed by atoms with Crippen LogP contribution in [0, 0.1) is 0 Å². The molecule has 3 heteroatoms. The van der Waals surface area contributed by atoms with Crippen LogP contribution in [0.1, 0.15) is 24.2 Å². The Balaban J connectivity index is 2.28. The van der Waals surface area contributed by atoms with Crippen LogP contribution in [0.5, 0.6) is 0 Å². The number of nitrogens with one attached hydrogen (secondary N) is 1. The van der Waals surface area contributed by atoms with Crippen molar-refractivity contribution in [1.82, 2.24) is 5.32 Å². The Kier molecular flexibility index (Phi) is 3.36. The van der Waals surface area contributed by atoms with Crippen LogP contribution < -0.4 is 5.32 Å². The fourth-order valence-corrected chi connectivity index (χ4v) is 2.54. The van der Waals surface area contributed by atoms with E-state index >= 15 is 0 Å². The number of thiophene rings is 1. The molecule has 1 aromatic heterocycles. The summed E-state index contributed by atoms with van der Waals surface area (Å²) in [5, 5.41) is 6.34. The van der Waals surface area contributed by atoms with Crippen LogP contribution in [0.25, 0.3) is 10.1 Å². The molecule has 1 aromatic carbocycles. The SMILES string of the molecule is CCNC(C)C(=O)c1ccc2sccc2c1. The van der Waals surface area contributed by atoms with Gasteiger partial charge in [-0.15, -0.1) is 11.3 Å². The van der Waals surface area contributed by atoms with Gasteiger partial charge in [0.25, 0.3) is 0 Å². The Bertz CT molecular complexity index is 503. The lowest BCUT2D eigenvalue weighted by Crippen LogP contribution is -2.33. The van der Waals surface area contributed by atoms with Gasteiger partial charge in [0.15, 0.2) is 5.78 Å². The molecule has 1 heterocycles. The van der Waals surface area contributed by atoms with Crippen molar-refractivity contribution in [3.05, 3.63) is 35.2 Å². The van der Waals surface area contributed by atoms with Crippen molar-refractivity contribution in [2.75, 3.05) is 6.54 Å². The zero-order valence-corrected chi connectivity index (χ0v) is 10.3. The predicted octanol–water partition coefficient (Wildman–Crippen LogP) is 3.08. The number of benzene rings is 1. The van der Waals surface area contributed by atoms with Gasteiger partial charge in [-0.05, 0) is 48.5 Å². The molecule has 0 bridgehead atoms. The summed E-state index contributed by atoms with van der Waals surface area (Å²) in [6, 6.07) is 7.85. The van der Waals surface area contributed by atoms with Gasteiger partial charge in [0.2, 0.25) is 0 Å². The normalized spacial score (nSPS) is 12.9. The molecular weight excluding hydrogens is 218 g/mol.